The molecule has 0 aromatic heterocycles. The second-order valence-electron chi connectivity index (χ2n) is 4.78. The van der Waals surface area contributed by atoms with Crippen molar-refractivity contribution in [1.29, 1.82) is 0 Å². The molecule has 0 aliphatic heterocycles. The maximum atomic E-state index is 10.3. The van der Waals surface area contributed by atoms with Crippen molar-refractivity contribution < 1.29 is 74.4 Å². The minimum Gasteiger partial charge on any atom is -0.481 e. The first-order valence-corrected chi connectivity index (χ1v) is 7.00. The molecule has 0 spiro atoms. The fraction of sp³-hybridized carbons (Fsp3) is 0.357. The van der Waals surface area contributed by atoms with E-state index in [4.69, 9.17) is 40.9 Å². The van der Waals surface area contributed by atoms with Crippen molar-refractivity contribution >= 4 is 41.8 Å². The zero-order chi connectivity index (χ0) is 23.8. The first-order chi connectivity index (χ1) is 13.0. The summed E-state index contributed by atoms with van der Waals surface area (Å²) in [6, 6.07) is 0. The second kappa shape index (κ2) is 15.1. The number of carboxylic acids is 7. The average molecular weight is 426 g/mol. The molecule has 0 heterocycles. The largest absolute Gasteiger partial charge is 0.481 e. The molecule has 0 aliphatic carbocycles. The highest BCUT2D eigenvalue weighted by molar-refractivity contribution is 5.89. The number of hydrogen-bond acceptors (Lipinski definition) is 8. The Kier molecular flexibility index (Phi) is 15.5. The Bertz CT molecular complexity index is 614. The molecule has 29 heavy (non-hydrogen) atoms. The van der Waals surface area contributed by atoms with E-state index in [9.17, 15) is 33.6 Å². The molecule has 0 rings (SSSR count). The first kappa shape index (κ1) is 29.7. The summed E-state index contributed by atoms with van der Waals surface area (Å²) in [5, 5.41) is 65.2. The van der Waals surface area contributed by atoms with Crippen molar-refractivity contribution in [3.63, 3.8) is 0 Å². The molecule has 0 aliphatic rings. The summed E-state index contributed by atoms with van der Waals surface area (Å²) >= 11 is 0. The summed E-state index contributed by atoms with van der Waals surface area (Å²) in [6.07, 6.45) is -1.77. The Morgan fingerprint density at radius 2 is 0.828 bits per heavy atom. The molecule has 164 valence electrons. The van der Waals surface area contributed by atoms with Gasteiger partial charge < -0.3 is 40.9 Å². The van der Waals surface area contributed by atoms with Gasteiger partial charge in [-0.25, -0.2) is 14.4 Å². The number of carbonyl (C=O) groups is 7. The monoisotopic (exact) mass is 426 g/mol. The normalized spacial score (nSPS) is 9.83. The zero-order valence-electron chi connectivity index (χ0n) is 14.4. The van der Waals surface area contributed by atoms with E-state index < -0.39 is 60.2 Å². The van der Waals surface area contributed by atoms with Crippen LogP contribution in [0.15, 0.2) is 12.2 Å². The van der Waals surface area contributed by atoms with E-state index in [1.54, 1.807) is 0 Å². The smallest absolute Gasteiger partial charge is 0.336 e. The van der Waals surface area contributed by atoms with Crippen LogP contribution in [-0.2, 0) is 33.6 Å². The molecule has 0 saturated heterocycles. The topological polar surface area (TPSA) is 281 Å². The van der Waals surface area contributed by atoms with Crippen LogP contribution in [0, 0.1) is 0 Å². The Balaban J connectivity index is -0.000000368. The van der Waals surface area contributed by atoms with Crippen LogP contribution < -0.4 is 0 Å². The lowest BCUT2D eigenvalue weighted by Crippen LogP contribution is -2.42. The minimum absolute atomic E-state index is 0.296. The lowest BCUT2D eigenvalue weighted by Gasteiger charge is -2.18. The number of aliphatic carboxylic acids is 7. The number of hydrogen-bond donors (Lipinski definition) is 8. The molecular formula is C14H18O15. The average Bonchev–Trinajstić information content (AvgIpc) is 2.50. The molecule has 0 unspecified atom stereocenters. The third-order valence-corrected chi connectivity index (χ3v) is 2.21. The highest BCUT2D eigenvalue weighted by Gasteiger charge is 2.40. The number of carboxylic acid groups (broad SMARTS) is 7. The van der Waals surface area contributed by atoms with Crippen molar-refractivity contribution in [2.45, 2.75) is 31.3 Å². The summed E-state index contributed by atoms with van der Waals surface area (Å²) in [4.78, 5) is 68.9. The van der Waals surface area contributed by atoms with E-state index in [-0.39, 0.29) is 12.8 Å². The Morgan fingerprint density at radius 1 is 0.552 bits per heavy atom. The fourth-order valence-corrected chi connectivity index (χ4v) is 1.07. The fourth-order valence-electron chi connectivity index (χ4n) is 1.07. The van der Waals surface area contributed by atoms with Gasteiger partial charge in [0.1, 0.15) is 0 Å². The predicted octanol–water partition coefficient (Wildman–Crippen LogP) is -1.60. The van der Waals surface area contributed by atoms with Crippen LogP contribution in [0.3, 0.4) is 0 Å². The summed E-state index contributed by atoms with van der Waals surface area (Å²) in [6.45, 7) is 0. The number of aliphatic hydroxyl groups is 1. The Labute approximate surface area is 160 Å². The minimum atomic E-state index is -2.74. The molecule has 15 heteroatoms. The molecule has 0 atom stereocenters. The van der Waals surface area contributed by atoms with Gasteiger partial charge in [-0.2, -0.15) is 0 Å². The molecule has 0 saturated carbocycles. The van der Waals surface area contributed by atoms with Crippen LogP contribution in [-0.4, -0.2) is 88.2 Å². The third-order valence-electron chi connectivity index (χ3n) is 2.21. The van der Waals surface area contributed by atoms with Gasteiger partial charge in [-0.3, -0.25) is 19.2 Å². The van der Waals surface area contributed by atoms with Gasteiger partial charge in [-0.15, -0.1) is 0 Å². The second-order valence-corrected chi connectivity index (χ2v) is 4.78. The van der Waals surface area contributed by atoms with Crippen molar-refractivity contribution in [2.24, 2.45) is 0 Å². The predicted molar refractivity (Wildman–Crippen MR) is 86.0 cm³/mol. The maximum absolute atomic E-state index is 10.3. The van der Waals surface area contributed by atoms with E-state index in [2.05, 4.69) is 0 Å². The Hall–Kier alpha value is -4.01. The van der Waals surface area contributed by atoms with Crippen LogP contribution in [0.25, 0.3) is 0 Å². The molecule has 0 amide bonds. The number of rotatable bonds is 10. The van der Waals surface area contributed by atoms with Crippen LogP contribution >= 0.6 is 0 Å². The molecule has 0 bridgehead atoms. The standard InChI is InChI=1S/C6H8O7.C4H6O4.C4H4O4/c7-3(8)1-6(13,5(11)12)2-4(9)10;2*5-3(6)1-2-4(7)8/h13H,1-2H2,(H,7,8)(H,9,10)(H,11,12);1-2H2,(H,5,6)(H,7,8);1-2H,(H,5,6)(H,7,8)/b;;2-1+. The van der Waals surface area contributed by atoms with Crippen molar-refractivity contribution in [2.75, 3.05) is 0 Å². The molecule has 15 nitrogen and oxygen atoms in total. The summed E-state index contributed by atoms with van der Waals surface area (Å²) in [5.41, 5.74) is -2.74. The summed E-state index contributed by atoms with van der Waals surface area (Å²) < 4.78 is 0. The quantitative estimate of drug-likeness (QED) is 0.182. The van der Waals surface area contributed by atoms with E-state index in [1.165, 1.54) is 0 Å². The van der Waals surface area contributed by atoms with E-state index in [0.717, 1.165) is 0 Å². The SMILES string of the molecule is O=C(O)/C=C/C(=O)O.O=C(O)CC(O)(CC(=O)O)C(=O)O.O=C(O)CCC(=O)O. The van der Waals surface area contributed by atoms with Gasteiger partial charge in [0.25, 0.3) is 0 Å². The molecular weight excluding hydrogens is 408 g/mol. The molecule has 0 radical (unpaired) electrons. The van der Waals surface area contributed by atoms with Gasteiger partial charge >= 0.3 is 41.8 Å². The molecule has 0 aromatic carbocycles. The van der Waals surface area contributed by atoms with Gasteiger partial charge in [0.05, 0.1) is 25.7 Å². The van der Waals surface area contributed by atoms with Crippen molar-refractivity contribution in [3.8, 4) is 0 Å². The molecule has 8 N–H and O–H groups in total. The lowest BCUT2D eigenvalue weighted by molar-refractivity contribution is -0.170. The zero-order valence-corrected chi connectivity index (χ0v) is 14.4. The third kappa shape index (κ3) is 24.0. The van der Waals surface area contributed by atoms with Crippen LogP contribution in [0.5, 0.6) is 0 Å². The van der Waals surface area contributed by atoms with Crippen LogP contribution in [0.2, 0.25) is 0 Å². The maximum Gasteiger partial charge on any atom is 0.336 e. The van der Waals surface area contributed by atoms with Crippen LogP contribution in [0.4, 0.5) is 0 Å². The summed E-state index contributed by atoms with van der Waals surface area (Å²) in [7, 11) is 0. The molecule has 0 fully saturated rings. The highest BCUT2D eigenvalue weighted by atomic mass is 16.4. The van der Waals surface area contributed by atoms with Crippen molar-refractivity contribution in [1.82, 2.24) is 0 Å². The van der Waals surface area contributed by atoms with Gasteiger partial charge in [0.2, 0.25) is 0 Å². The van der Waals surface area contributed by atoms with Gasteiger partial charge in [0, 0.05) is 12.2 Å². The van der Waals surface area contributed by atoms with Gasteiger partial charge in [-0.05, 0) is 0 Å². The van der Waals surface area contributed by atoms with Crippen LogP contribution in [0.1, 0.15) is 25.7 Å². The first-order valence-electron chi connectivity index (χ1n) is 7.00. The highest BCUT2D eigenvalue weighted by Crippen LogP contribution is 2.15. The van der Waals surface area contributed by atoms with E-state index >= 15 is 0 Å². The molecule has 0 aromatic rings. The lowest BCUT2D eigenvalue weighted by atomic mass is 9.96. The van der Waals surface area contributed by atoms with Gasteiger partial charge in [-0.1, -0.05) is 0 Å². The van der Waals surface area contributed by atoms with E-state index in [1.807, 2.05) is 0 Å². The van der Waals surface area contributed by atoms with Gasteiger partial charge in [0.15, 0.2) is 5.60 Å². The van der Waals surface area contributed by atoms with E-state index in [0.29, 0.717) is 12.2 Å². The Morgan fingerprint density at radius 3 is 0.966 bits per heavy atom. The summed E-state index contributed by atoms with van der Waals surface area (Å²) in [5.74, 6) is -9.69. The van der Waals surface area contributed by atoms with Crippen molar-refractivity contribution in [3.05, 3.63) is 12.2 Å².